The Labute approximate surface area is 184 Å². The van der Waals surface area contributed by atoms with Crippen LogP contribution in [0.3, 0.4) is 0 Å². The van der Waals surface area contributed by atoms with Crippen LogP contribution in [-0.4, -0.2) is 23.4 Å². The number of carbonyl (C=O) groups is 1. The van der Waals surface area contributed by atoms with E-state index in [1.54, 1.807) is 36.4 Å². The first-order chi connectivity index (χ1) is 15.1. The molecule has 0 saturated heterocycles. The van der Waals surface area contributed by atoms with Crippen LogP contribution in [0.2, 0.25) is 5.02 Å². The van der Waals surface area contributed by atoms with Gasteiger partial charge in [-0.1, -0.05) is 35.9 Å². The minimum absolute atomic E-state index is 0.241. The van der Waals surface area contributed by atoms with Crippen LogP contribution in [0.5, 0.6) is 0 Å². The van der Waals surface area contributed by atoms with E-state index in [-0.39, 0.29) is 17.7 Å². The van der Waals surface area contributed by atoms with Crippen molar-refractivity contribution in [3.05, 3.63) is 101 Å². The first-order valence-electron chi connectivity index (χ1n) is 9.77. The maximum atomic E-state index is 13.6. The number of aliphatic imine (C=N–C) groups is 1. The molecule has 7 heteroatoms. The van der Waals surface area contributed by atoms with Crippen LogP contribution in [0, 0.1) is 5.82 Å². The zero-order valence-electron chi connectivity index (χ0n) is 16.5. The van der Waals surface area contributed by atoms with Gasteiger partial charge in [0.1, 0.15) is 5.82 Å². The Balaban J connectivity index is 1.52. The predicted octanol–water partition coefficient (Wildman–Crippen LogP) is 5.40. The third-order valence-corrected chi connectivity index (χ3v) is 5.00. The molecule has 4 aromatic rings. The van der Waals surface area contributed by atoms with Gasteiger partial charge in [-0.3, -0.25) is 15.1 Å². The fourth-order valence-electron chi connectivity index (χ4n) is 3.22. The number of hydrogen-bond acceptors (Lipinski definition) is 2. The Morgan fingerprint density at radius 1 is 1.03 bits per heavy atom. The van der Waals surface area contributed by atoms with E-state index in [2.05, 4.69) is 26.7 Å². The lowest BCUT2D eigenvalue weighted by Gasteiger charge is -2.12. The molecule has 0 aliphatic carbocycles. The SMILES string of the molecule is O=C(NC(=NCCc1c[nH]c2ccccc12)Nc1cccc(F)c1)c1ccc(Cl)cc1. The number of aromatic amines is 1. The lowest BCUT2D eigenvalue weighted by molar-refractivity contribution is 0.0977. The molecule has 4 rings (SSSR count). The summed E-state index contributed by atoms with van der Waals surface area (Å²) in [6, 6.07) is 20.6. The minimum Gasteiger partial charge on any atom is -0.361 e. The molecule has 3 N–H and O–H groups in total. The summed E-state index contributed by atoms with van der Waals surface area (Å²) < 4.78 is 13.6. The number of fused-ring (bicyclic) bond motifs is 1. The standard InChI is InChI=1S/C24H20ClFN4O/c25-18-10-8-16(9-11-18)23(31)30-24(29-20-5-3-4-19(26)14-20)27-13-12-17-15-28-22-7-2-1-6-21(17)22/h1-11,14-15,28H,12-13H2,(H2,27,29,30,31). The van der Waals surface area contributed by atoms with Gasteiger partial charge in [-0.25, -0.2) is 4.39 Å². The smallest absolute Gasteiger partial charge is 0.257 e. The van der Waals surface area contributed by atoms with Crippen molar-refractivity contribution in [3.8, 4) is 0 Å². The summed E-state index contributed by atoms with van der Waals surface area (Å²) in [6.07, 6.45) is 2.64. The van der Waals surface area contributed by atoms with Crippen molar-refractivity contribution in [2.75, 3.05) is 11.9 Å². The number of hydrogen-bond donors (Lipinski definition) is 3. The summed E-state index contributed by atoms with van der Waals surface area (Å²) in [6.45, 7) is 0.431. The lowest BCUT2D eigenvalue weighted by atomic mass is 10.1. The third-order valence-electron chi connectivity index (χ3n) is 4.75. The largest absolute Gasteiger partial charge is 0.361 e. The number of anilines is 1. The summed E-state index contributed by atoms with van der Waals surface area (Å²) in [7, 11) is 0. The maximum absolute atomic E-state index is 13.6. The molecule has 0 spiro atoms. The summed E-state index contributed by atoms with van der Waals surface area (Å²) in [5, 5.41) is 7.44. The number of H-pyrrole nitrogens is 1. The van der Waals surface area contributed by atoms with Crippen molar-refractivity contribution in [2.24, 2.45) is 4.99 Å². The van der Waals surface area contributed by atoms with Crippen LogP contribution < -0.4 is 10.6 Å². The van der Waals surface area contributed by atoms with E-state index in [1.165, 1.54) is 12.1 Å². The zero-order chi connectivity index (χ0) is 21.6. The molecule has 31 heavy (non-hydrogen) atoms. The number of nitrogens with zero attached hydrogens (tertiary/aromatic N) is 1. The van der Waals surface area contributed by atoms with Crippen molar-refractivity contribution in [1.29, 1.82) is 0 Å². The molecule has 1 aromatic heterocycles. The van der Waals surface area contributed by atoms with Gasteiger partial charge >= 0.3 is 0 Å². The molecule has 0 bridgehead atoms. The van der Waals surface area contributed by atoms with Crippen LogP contribution in [0.15, 0.2) is 84.0 Å². The predicted molar refractivity (Wildman–Crippen MR) is 123 cm³/mol. The molecule has 0 saturated carbocycles. The number of amides is 1. The minimum atomic E-state index is -0.382. The Hall–Kier alpha value is -3.64. The van der Waals surface area contributed by atoms with E-state index in [4.69, 9.17) is 11.6 Å². The second-order valence-corrected chi connectivity index (χ2v) is 7.37. The normalized spacial score (nSPS) is 11.5. The highest BCUT2D eigenvalue weighted by Crippen LogP contribution is 2.18. The Kier molecular flexibility index (Phi) is 6.29. The number of halogens is 2. The van der Waals surface area contributed by atoms with E-state index in [0.29, 0.717) is 29.2 Å². The van der Waals surface area contributed by atoms with E-state index >= 15 is 0 Å². The molecular formula is C24H20ClFN4O. The van der Waals surface area contributed by atoms with Crippen molar-refractivity contribution in [2.45, 2.75) is 6.42 Å². The average molecular weight is 435 g/mol. The molecule has 0 aliphatic rings. The highest BCUT2D eigenvalue weighted by Gasteiger charge is 2.10. The molecular weight excluding hydrogens is 415 g/mol. The Morgan fingerprint density at radius 2 is 1.84 bits per heavy atom. The van der Waals surface area contributed by atoms with Crippen molar-refractivity contribution in [1.82, 2.24) is 10.3 Å². The topological polar surface area (TPSA) is 69.3 Å². The number of nitrogens with one attached hydrogen (secondary N) is 3. The molecule has 0 atom stereocenters. The summed E-state index contributed by atoms with van der Waals surface area (Å²) in [4.78, 5) is 20.4. The third kappa shape index (κ3) is 5.29. The molecule has 0 radical (unpaired) electrons. The molecule has 0 aliphatic heterocycles. The van der Waals surface area contributed by atoms with Gasteiger partial charge in [0.25, 0.3) is 5.91 Å². The van der Waals surface area contributed by atoms with Crippen molar-refractivity contribution < 1.29 is 9.18 Å². The van der Waals surface area contributed by atoms with Gasteiger partial charge in [0.15, 0.2) is 0 Å². The van der Waals surface area contributed by atoms with E-state index < -0.39 is 0 Å². The van der Waals surface area contributed by atoms with Gasteiger partial charge < -0.3 is 10.3 Å². The summed E-state index contributed by atoms with van der Waals surface area (Å²) >= 11 is 5.90. The molecule has 1 amide bonds. The molecule has 156 valence electrons. The van der Waals surface area contributed by atoms with Gasteiger partial charge in [0.05, 0.1) is 0 Å². The van der Waals surface area contributed by atoms with Crippen molar-refractivity contribution in [3.63, 3.8) is 0 Å². The molecule has 5 nitrogen and oxygen atoms in total. The summed E-state index contributed by atoms with van der Waals surface area (Å²) in [5.74, 6) is -0.482. The maximum Gasteiger partial charge on any atom is 0.257 e. The van der Waals surface area contributed by atoms with Crippen LogP contribution in [0.1, 0.15) is 15.9 Å². The van der Waals surface area contributed by atoms with E-state index in [9.17, 15) is 9.18 Å². The van der Waals surface area contributed by atoms with Gasteiger partial charge in [-0.05, 0) is 60.5 Å². The number of guanidine groups is 1. The van der Waals surface area contributed by atoms with E-state index in [1.807, 2.05) is 24.4 Å². The van der Waals surface area contributed by atoms with Crippen LogP contribution in [-0.2, 0) is 6.42 Å². The quantitative estimate of drug-likeness (QED) is 0.291. The lowest BCUT2D eigenvalue weighted by Crippen LogP contribution is -2.36. The van der Waals surface area contributed by atoms with Crippen molar-refractivity contribution >= 4 is 40.1 Å². The number of para-hydroxylation sites is 1. The first-order valence-corrected chi connectivity index (χ1v) is 10.2. The average Bonchev–Trinajstić information content (AvgIpc) is 3.17. The van der Waals surface area contributed by atoms with Gasteiger partial charge in [-0.15, -0.1) is 0 Å². The fourth-order valence-corrected chi connectivity index (χ4v) is 3.35. The van der Waals surface area contributed by atoms with Gasteiger partial charge in [0, 0.05) is 39.9 Å². The van der Waals surface area contributed by atoms with Gasteiger partial charge in [-0.2, -0.15) is 0 Å². The molecule has 0 fully saturated rings. The van der Waals surface area contributed by atoms with Crippen LogP contribution in [0.4, 0.5) is 10.1 Å². The monoisotopic (exact) mass is 434 g/mol. The van der Waals surface area contributed by atoms with Crippen LogP contribution >= 0.6 is 11.6 Å². The Bertz CT molecular complexity index is 1230. The Morgan fingerprint density at radius 3 is 2.65 bits per heavy atom. The zero-order valence-corrected chi connectivity index (χ0v) is 17.3. The second-order valence-electron chi connectivity index (χ2n) is 6.94. The van der Waals surface area contributed by atoms with E-state index in [0.717, 1.165) is 16.5 Å². The molecule has 1 heterocycles. The highest BCUT2D eigenvalue weighted by atomic mass is 35.5. The number of rotatable bonds is 5. The van der Waals surface area contributed by atoms with Crippen LogP contribution in [0.25, 0.3) is 10.9 Å². The number of benzene rings is 3. The summed E-state index contributed by atoms with van der Waals surface area (Å²) in [5.41, 5.74) is 3.13. The number of aromatic nitrogens is 1. The number of carbonyl (C=O) groups excluding carboxylic acids is 1. The second kappa shape index (κ2) is 9.45. The van der Waals surface area contributed by atoms with Gasteiger partial charge in [0.2, 0.25) is 5.96 Å². The first kappa shape index (κ1) is 20.6. The fraction of sp³-hybridized carbons (Fsp3) is 0.0833. The molecule has 3 aromatic carbocycles. The highest BCUT2D eigenvalue weighted by molar-refractivity contribution is 6.30. The molecule has 0 unspecified atom stereocenters.